The van der Waals surface area contributed by atoms with Crippen molar-refractivity contribution in [1.82, 2.24) is 9.55 Å². The second kappa shape index (κ2) is 4.81. The zero-order valence-corrected chi connectivity index (χ0v) is 12.8. The molecule has 2 rings (SSSR count). The highest BCUT2D eigenvalue weighted by atomic mass is 32.1. The third-order valence-electron chi connectivity index (χ3n) is 3.07. The van der Waals surface area contributed by atoms with Gasteiger partial charge in [-0.05, 0) is 12.1 Å². The Morgan fingerprint density at radius 3 is 2.53 bits per heavy atom. The minimum Gasteiger partial charge on any atom is -0.365 e. The lowest BCUT2D eigenvalue weighted by molar-refractivity contribution is 0.531. The summed E-state index contributed by atoms with van der Waals surface area (Å²) in [5.41, 5.74) is 2.35. The van der Waals surface area contributed by atoms with Crippen LogP contribution >= 0.6 is 11.3 Å². The van der Waals surface area contributed by atoms with Crippen molar-refractivity contribution in [2.75, 3.05) is 12.4 Å². The molecule has 0 saturated heterocycles. The summed E-state index contributed by atoms with van der Waals surface area (Å²) in [5, 5.41) is 5.70. The maximum atomic E-state index is 12.4. The molecule has 1 N–H and O–H groups in total. The molecule has 19 heavy (non-hydrogen) atoms. The normalized spacial score (nSPS) is 11.6. The van der Waals surface area contributed by atoms with E-state index in [2.05, 4.69) is 31.1 Å². The molecule has 2 aromatic heterocycles. The van der Waals surface area contributed by atoms with Gasteiger partial charge in [0.25, 0.3) is 5.56 Å². The third kappa shape index (κ3) is 2.56. The number of hydrogen-bond acceptors (Lipinski definition) is 4. The van der Waals surface area contributed by atoms with E-state index in [9.17, 15) is 4.79 Å². The van der Waals surface area contributed by atoms with Gasteiger partial charge in [0.2, 0.25) is 0 Å². The van der Waals surface area contributed by atoms with Crippen LogP contribution in [0.25, 0.3) is 11.3 Å². The predicted molar refractivity (Wildman–Crippen MR) is 81.0 cm³/mol. The molecule has 0 unspecified atom stereocenters. The van der Waals surface area contributed by atoms with Crippen molar-refractivity contribution in [1.29, 1.82) is 0 Å². The van der Waals surface area contributed by atoms with E-state index in [1.165, 1.54) is 11.3 Å². The fraction of sp³-hybridized carbons (Fsp3) is 0.429. The van der Waals surface area contributed by atoms with Crippen molar-refractivity contribution in [2.24, 2.45) is 7.05 Å². The predicted octanol–water partition coefficient (Wildman–Crippen LogP) is 2.85. The van der Waals surface area contributed by atoms with Crippen LogP contribution in [0.2, 0.25) is 0 Å². The van der Waals surface area contributed by atoms with E-state index < -0.39 is 0 Å². The van der Waals surface area contributed by atoms with E-state index in [1.807, 2.05) is 31.6 Å². The van der Waals surface area contributed by atoms with Crippen molar-refractivity contribution in [2.45, 2.75) is 26.2 Å². The molecule has 102 valence electrons. The molecule has 0 atom stereocenters. The number of nitrogens with zero attached hydrogens (tertiary/aromatic N) is 2. The lowest BCUT2D eigenvalue weighted by Crippen LogP contribution is -2.28. The van der Waals surface area contributed by atoms with E-state index in [0.29, 0.717) is 5.56 Å². The Morgan fingerprint density at radius 1 is 1.32 bits per heavy atom. The number of anilines is 1. The summed E-state index contributed by atoms with van der Waals surface area (Å²) in [7, 11) is 3.64. The molecule has 4 nitrogen and oxygen atoms in total. The van der Waals surface area contributed by atoms with Crippen LogP contribution in [0.15, 0.2) is 22.3 Å². The highest BCUT2D eigenvalue weighted by Gasteiger charge is 2.19. The van der Waals surface area contributed by atoms with Crippen LogP contribution in [-0.2, 0) is 12.5 Å². The van der Waals surface area contributed by atoms with E-state index in [-0.39, 0.29) is 11.0 Å². The summed E-state index contributed by atoms with van der Waals surface area (Å²) in [4.78, 5) is 16.8. The van der Waals surface area contributed by atoms with E-state index >= 15 is 0 Å². The Kier molecular flexibility index (Phi) is 3.49. The Hall–Kier alpha value is -1.62. The van der Waals surface area contributed by atoms with Gasteiger partial charge in [-0.2, -0.15) is 0 Å². The van der Waals surface area contributed by atoms with Gasteiger partial charge in [-0.15, -0.1) is 11.3 Å². The highest BCUT2D eigenvalue weighted by molar-refractivity contribution is 7.14. The second-order valence-corrected chi connectivity index (χ2v) is 6.39. The first-order valence-electron chi connectivity index (χ1n) is 6.18. The minimum atomic E-state index is -0.0509. The number of rotatable bonds is 2. The summed E-state index contributed by atoms with van der Waals surface area (Å²) in [6.45, 7) is 6.30. The molecule has 0 aromatic carbocycles. The summed E-state index contributed by atoms with van der Waals surface area (Å²) in [6, 6.07) is 3.88. The van der Waals surface area contributed by atoms with Crippen molar-refractivity contribution in [3.8, 4) is 11.3 Å². The fourth-order valence-electron chi connectivity index (χ4n) is 2.10. The van der Waals surface area contributed by atoms with Crippen LogP contribution in [0.3, 0.4) is 0 Å². The largest absolute Gasteiger partial charge is 0.365 e. The van der Waals surface area contributed by atoms with Gasteiger partial charge in [0, 0.05) is 30.6 Å². The van der Waals surface area contributed by atoms with Crippen LogP contribution in [0.1, 0.15) is 26.5 Å². The average molecular weight is 277 g/mol. The molecule has 0 saturated carbocycles. The lowest BCUT2D eigenvalue weighted by atomic mass is 9.91. The molecule has 0 fully saturated rings. The first-order valence-corrected chi connectivity index (χ1v) is 7.06. The number of hydrogen-bond donors (Lipinski definition) is 1. The molecule has 0 amide bonds. The molecule has 5 heteroatoms. The maximum absolute atomic E-state index is 12.4. The van der Waals surface area contributed by atoms with Crippen LogP contribution in [0.5, 0.6) is 0 Å². The number of nitrogens with one attached hydrogen (secondary N) is 1. The fourth-order valence-corrected chi connectivity index (χ4v) is 2.77. The van der Waals surface area contributed by atoms with Gasteiger partial charge < -0.3 is 9.88 Å². The van der Waals surface area contributed by atoms with Crippen molar-refractivity contribution >= 4 is 16.5 Å². The monoisotopic (exact) mass is 277 g/mol. The zero-order valence-electron chi connectivity index (χ0n) is 11.9. The van der Waals surface area contributed by atoms with E-state index in [0.717, 1.165) is 16.5 Å². The van der Waals surface area contributed by atoms with Crippen molar-refractivity contribution in [3.63, 3.8) is 0 Å². The number of aromatic nitrogens is 2. The Bertz CT molecular complexity index is 649. The SMILES string of the molecule is CNc1nc(-c2ccc(C(C)(C)C)n(C)c2=O)cs1. The molecule has 0 aliphatic rings. The first kappa shape index (κ1) is 13.8. The molecule has 0 bridgehead atoms. The minimum absolute atomic E-state index is 0.000350. The van der Waals surface area contributed by atoms with Crippen LogP contribution < -0.4 is 10.9 Å². The standard InChI is InChI=1S/C14H19N3OS/c1-14(2,3)11-7-6-9(12(18)17(11)5)10-8-19-13(15-4)16-10/h6-8H,1-5H3,(H,15,16). The van der Waals surface area contributed by atoms with Crippen LogP contribution in [-0.4, -0.2) is 16.6 Å². The molecule has 0 aliphatic carbocycles. The van der Waals surface area contributed by atoms with Crippen LogP contribution in [0.4, 0.5) is 5.13 Å². The Labute approximate surface area is 117 Å². The Balaban J connectivity index is 2.56. The molecular formula is C14H19N3OS. The molecule has 2 heterocycles. The number of thiazole rings is 1. The Morgan fingerprint density at radius 2 is 2.00 bits per heavy atom. The molecule has 0 radical (unpaired) electrons. The quantitative estimate of drug-likeness (QED) is 0.918. The summed E-state index contributed by atoms with van der Waals surface area (Å²) in [6.07, 6.45) is 0. The second-order valence-electron chi connectivity index (χ2n) is 5.53. The third-order valence-corrected chi connectivity index (χ3v) is 3.93. The van der Waals surface area contributed by atoms with Gasteiger partial charge >= 0.3 is 0 Å². The maximum Gasteiger partial charge on any atom is 0.259 e. The summed E-state index contributed by atoms with van der Waals surface area (Å²) in [5.74, 6) is 0. The topological polar surface area (TPSA) is 46.9 Å². The van der Waals surface area contributed by atoms with Gasteiger partial charge in [0.05, 0.1) is 11.3 Å². The van der Waals surface area contributed by atoms with Crippen LogP contribution in [0, 0.1) is 0 Å². The first-order chi connectivity index (χ1) is 8.84. The van der Waals surface area contributed by atoms with Gasteiger partial charge in [-0.25, -0.2) is 4.98 Å². The highest BCUT2D eigenvalue weighted by Crippen LogP contribution is 2.25. The summed E-state index contributed by atoms with van der Waals surface area (Å²) < 4.78 is 1.72. The molecule has 2 aromatic rings. The summed E-state index contributed by atoms with van der Waals surface area (Å²) >= 11 is 1.50. The van der Waals surface area contributed by atoms with Gasteiger partial charge in [0.1, 0.15) is 0 Å². The van der Waals surface area contributed by atoms with Gasteiger partial charge in [0.15, 0.2) is 5.13 Å². The van der Waals surface area contributed by atoms with Crippen molar-refractivity contribution in [3.05, 3.63) is 33.6 Å². The van der Waals surface area contributed by atoms with Gasteiger partial charge in [-0.1, -0.05) is 20.8 Å². The number of pyridine rings is 1. The van der Waals surface area contributed by atoms with E-state index in [1.54, 1.807) is 4.57 Å². The lowest BCUT2D eigenvalue weighted by Gasteiger charge is -2.22. The molecule has 0 spiro atoms. The van der Waals surface area contributed by atoms with Gasteiger partial charge in [-0.3, -0.25) is 4.79 Å². The smallest absolute Gasteiger partial charge is 0.259 e. The molecular weight excluding hydrogens is 258 g/mol. The average Bonchev–Trinajstić information content (AvgIpc) is 2.79. The molecule has 0 aliphatic heterocycles. The van der Waals surface area contributed by atoms with E-state index in [4.69, 9.17) is 0 Å². The zero-order chi connectivity index (χ0) is 14.2. The van der Waals surface area contributed by atoms with Crippen molar-refractivity contribution < 1.29 is 0 Å².